The van der Waals surface area contributed by atoms with Gasteiger partial charge in [0.05, 0.1) is 5.75 Å². The monoisotopic (exact) mass is 271 g/mol. The Hall–Kier alpha value is -0.680. The zero-order valence-corrected chi connectivity index (χ0v) is 11.0. The van der Waals surface area contributed by atoms with Gasteiger partial charge in [0.2, 0.25) is 5.91 Å². The summed E-state index contributed by atoms with van der Waals surface area (Å²) in [6, 6.07) is 6.90. The third-order valence-corrected chi connectivity index (χ3v) is 3.56. The lowest BCUT2D eigenvalue weighted by atomic mass is 10.2. The van der Waals surface area contributed by atoms with Crippen LogP contribution in [0.15, 0.2) is 24.3 Å². The number of amides is 1. The molecule has 0 heterocycles. The molecule has 0 atom stereocenters. The van der Waals surface area contributed by atoms with E-state index < -0.39 is 0 Å². The minimum atomic E-state index is -0.246. The molecule has 0 saturated heterocycles. The Bertz CT molecular complexity index is 409. The predicted octanol–water partition coefficient (Wildman–Crippen LogP) is 2.89. The van der Waals surface area contributed by atoms with Crippen molar-refractivity contribution in [2.45, 2.75) is 25.4 Å². The number of hydrogen-bond donors (Lipinski definition) is 1. The largest absolute Gasteiger partial charge is 0.335 e. The van der Waals surface area contributed by atoms with Gasteiger partial charge in [0.15, 0.2) is 0 Å². The maximum atomic E-state index is 13.5. The molecule has 2 nitrogen and oxygen atoms in total. The summed E-state index contributed by atoms with van der Waals surface area (Å²) in [5, 5.41) is 0. The van der Waals surface area contributed by atoms with E-state index in [-0.39, 0.29) is 11.7 Å². The molecule has 0 spiro atoms. The summed E-state index contributed by atoms with van der Waals surface area (Å²) in [5.41, 5.74) is 0.580. The van der Waals surface area contributed by atoms with E-state index in [0.29, 0.717) is 23.9 Å². The molecule has 0 N–H and O–H groups in total. The van der Waals surface area contributed by atoms with Crippen LogP contribution < -0.4 is 0 Å². The molecule has 1 amide bonds. The van der Waals surface area contributed by atoms with Crippen LogP contribution in [-0.4, -0.2) is 22.6 Å². The van der Waals surface area contributed by atoms with E-state index in [0.717, 1.165) is 12.8 Å². The van der Waals surface area contributed by atoms with E-state index in [2.05, 4.69) is 11.7 Å². The summed E-state index contributed by atoms with van der Waals surface area (Å²) < 4.78 is 13.5. The second kappa shape index (κ2) is 5.78. The van der Waals surface area contributed by atoms with Crippen LogP contribution >= 0.6 is 22.5 Å². The van der Waals surface area contributed by atoms with Crippen LogP contribution in [0.2, 0.25) is 0 Å². The molecule has 1 fully saturated rings. The summed E-state index contributed by atoms with van der Waals surface area (Å²) in [7, 11) is 1.21. The Labute approximate surface area is 109 Å². The quantitative estimate of drug-likeness (QED) is 0.656. The lowest BCUT2D eigenvalue weighted by molar-refractivity contribution is -0.129. The molecule has 1 aliphatic rings. The van der Waals surface area contributed by atoms with Crippen molar-refractivity contribution in [1.29, 1.82) is 0 Å². The molecule has 0 unspecified atom stereocenters. The van der Waals surface area contributed by atoms with Crippen molar-refractivity contribution in [2.24, 2.45) is 0 Å². The van der Waals surface area contributed by atoms with Crippen LogP contribution in [-0.2, 0) is 11.3 Å². The topological polar surface area (TPSA) is 20.3 Å². The normalized spacial score (nSPS) is 14.7. The van der Waals surface area contributed by atoms with Gasteiger partial charge in [0.25, 0.3) is 0 Å². The molecular weight excluding hydrogens is 257 g/mol. The van der Waals surface area contributed by atoms with Gasteiger partial charge in [-0.15, -0.1) is 11.7 Å². The van der Waals surface area contributed by atoms with Gasteiger partial charge >= 0.3 is 0 Å². The van der Waals surface area contributed by atoms with Crippen molar-refractivity contribution < 1.29 is 9.18 Å². The third-order valence-electron chi connectivity index (χ3n) is 2.79. The highest BCUT2D eigenvalue weighted by atomic mass is 33.1. The molecule has 0 bridgehead atoms. The number of carbonyl (C=O) groups excluding carboxylic acids is 1. The van der Waals surface area contributed by atoms with Crippen LogP contribution in [0, 0.1) is 5.82 Å². The van der Waals surface area contributed by atoms with Gasteiger partial charge < -0.3 is 4.90 Å². The van der Waals surface area contributed by atoms with Gasteiger partial charge in [-0.3, -0.25) is 4.79 Å². The van der Waals surface area contributed by atoms with Gasteiger partial charge in [-0.05, 0) is 18.9 Å². The fourth-order valence-corrected chi connectivity index (χ4v) is 2.36. The second-order valence-corrected chi connectivity index (χ2v) is 5.44. The van der Waals surface area contributed by atoms with E-state index in [1.165, 1.54) is 16.9 Å². The fraction of sp³-hybridized carbons (Fsp3) is 0.417. The minimum absolute atomic E-state index is 0.0377. The van der Waals surface area contributed by atoms with Gasteiger partial charge in [-0.1, -0.05) is 29.0 Å². The highest BCUT2D eigenvalue weighted by Gasteiger charge is 2.32. The number of carbonyl (C=O) groups is 1. The van der Waals surface area contributed by atoms with E-state index in [9.17, 15) is 9.18 Å². The van der Waals surface area contributed by atoms with E-state index in [1.54, 1.807) is 23.1 Å². The Balaban J connectivity index is 2.08. The highest BCUT2D eigenvalue weighted by molar-refractivity contribution is 8.68. The first-order chi connectivity index (χ1) is 8.22. The summed E-state index contributed by atoms with van der Waals surface area (Å²) in [6.45, 7) is 0.366. The minimum Gasteiger partial charge on any atom is -0.335 e. The molecule has 5 heteroatoms. The standard InChI is InChI=1S/C12H14FNOS2/c13-11-4-2-1-3-9(11)7-14(10-5-6-10)12(15)8-17-16/h1-4,10,16H,5-8H2. The molecule has 1 aromatic rings. The molecule has 0 radical (unpaired) electrons. The van der Waals surface area contributed by atoms with Crippen LogP contribution in [0.1, 0.15) is 18.4 Å². The Morgan fingerprint density at radius 3 is 2.76 bits per heavy atom. The first-order valence-corrected chi connectivity index (χ1v) is 7.55. The highest BCUT2D eigenvalue weighted by Crippen LogP contribution is 2.29. The SMILES string of the molecule is O=C(CSS)N(Cc1ccccc1F)C1CC1. The lowest BCUT2D eigenvalue weighted by Gasteiger charge is -2.22. The first-order valence-electron chi connectivity index (χ1n) is 5.51. The Morgan fingerprint density at radius 2 is 2.18 bits per heavy atom. The molecule has 1 aromatic carbocycles. The number of hydrogen-bond acceptors (Lipinski definition) is 3. The van der Waals surface area contributed by atoms with Crippen LogP contribution in [0.5, 0.6) is 0 Å². The van der Waals surface area contributed by atoms with Gasteiger partial charge in [0, 0.05) is 18.2 Å². The molecule has 0 aliphatic heterocycles. The second-order valence-electron chi connectivity index (χ2n) is 4.12. The zero-order valence-electron chi connectivity index (χ0n) is 9.30. The molecule has 2 rings (SSSR count). The molecular formula is C12H14FNOS2. The number of halogens is 1. The average molecular weight is 271 g/mol. The molecule has 17 heavy (non-hydrogen) atoms. The number of rotatable bonds is 5. The van der Waals surface area contributed by atoms with Crippen molar-refractivity contribution in [1.82, 2.24) is 4.90 Å². The van der Waals surface area contributed by atoms with Gasteiger partial charge in [-0.2, -0.15) is 0 Å². The maximum Gasteiger partial charge on any atom is 0.233 e. The Kier molecular flexibility index (Phi) is 4.34. The number of thiol groups is 1. The zero-order chi connectivity index (χ0) is 12.3. The lowest BCUT2D eigenvalue weighted by Crippen LogP contribution is -2.34. The van der Waals surface area contributed by atoms with Gasteiger partial charge in [0.1, 0.15) is 5.82 Å². The number of benzene rings is 1. The molecule has 1 saturated carbocycles. The number of nitrogens with zero attached hydrogens (tertiary/aromatic N) is 1. The van der Waals surface area contributed by atoms with Crippen molar-refractivity contribution in [3.05, 3.63) is 35.6 Å². The predicted molar refractivity (Wildman–Crippen MR) is 71.4 cm³/mol. The Morgan fingerprint density at radius 1 is 1.47 bits per heavy atom. The van der Waals surface area contributed by atoms with E-state index in [1.807, 2.05) is 0 Å². The summed E-state index contributed by atoms with van der Waals surface area (Å²) in [4.78, 5) is 13.6. The maximum absolute atomic E-state index is 13.5. The van der Waals surface area contributed by atoms with Crippen molar-refractivity contribution in [2.75, 3.05) is 5.75 Å². The third kappa shape index (κ3) is 3.39. The average Bonchev–Trinajstić information content (AvgIpc) is 3.12. The molecule has 1 aliphatic carbocycles. The molecule has 0 aromatic heterocycles. The van der Waals surface area contributed by atoms with Gasteiger partial charge in [-0.25, -0.2) is 4.39 Å². The van der Waals surface area contributed by atoms with E-state index >= 15 is 0 Å². The first kappa shape index (κ1) is 12.8. The van der Waals surface area contributed by atoms with Crippen molar-refractivity contribution >= 4 is 28.4 Å². The van der Waals surface area contributed by atoms with Crippen LogP contribution in [0.4, 0.5) is 4.39 Å². The summed E-state index contributed by atoms with van der Waals surface area (Å²) >= 11 is 3.98. The fourth-order valence-electron chi connectivity index (χ4n) is 1.76. The molecule has 92 valence electrons. The van der Waals surface area contributed by atoms with E-state index in [4.69, 9.17) is 0 Å². The van der Waals surface area contributed by atoms with Crippen LogP contribution in [0.25, 0.3) is 0 Å². The van der Waals surface area contributed by atoms with Crippen molar-refractivity contribution in [3.8, 4) is 0 Å². The summed E-state index contributed by atoms with van der Waals surface area (Å²) in [5.74, 6) is 0.133. The smallest absolute Gasteiger partial charge is 0.233 e. The summed E-state index contributed by atoms with van der Waals surface area (Å²) in [6.07, 6.45) is 2.05. The van der Waals surface area contributed by atoms with Crippen molar-refractivity contribution in [3.63, 3.8) is 0 Å². The van der Waals surface area contributed by atoms with Crippen LogP contribution in [0.3, 0.4) is 0 Å².